The molecule has 0 radical (unpaired) electrons. The molecule has 2 amide bonds. The molecule has 30 heavy (non-hydrogen) atoms. The van der Waals surface area contributed by atoms with Crippen molar-refractivity contribution in [1.82, 2.24) is 5.32 Å². The van der Waals surface area contributed by atoms with E-state index in [-0.39, 0.29) is 17.6 Å². The predicted octanol–water partition coefficient (Wildman–Crippen LogP) is 5.24. The lowest BCUT2D eigenvalue weighted by atomic mass is 9.99. The second-order valence-corrected chi connectivity index (χ2v) is 8.17. The van der Waals surface area contributed by atoms with Crippen LogP contribution in [0.5, 0.6) is 0 Å². The van der Waals surface area contributed by atoms with E-state index in [4.69, 9.17) is 5.26 Å². The van der Waals surface area contributed by atoms with Crippen LogP contribution in [0.4, 0.5) is 5.69 Å². The number of carbonyl (C=O) groups is 2. The first-order valence-corrected chi connectivity index (χ1v) is 11.4. The monoisotopic (exact) mass is 423 g/mol. The maximum absolute atomic E-state index is 12.7. The zero-order chi connectivity index (χ0) is 21.8. The molecule has 5 nitrogen and oxygen atoms in total. The average Bonchev–Trinajstić information content (AvgIpc) is 2.78. The number of nitrogens with one attached hydrogen (secondary N) is 2. The van der Waals surface area contributed by atoms with Crippen molar-refractivity contribution in [3.63, 3.8) is 0 Å². The standard InChI is InChI=1S/C24H29N3O2S/c1-3-5-9-18(4-2)16-26-24(29)21-12-6-7-13-22(21)30-17-23(28)27-20-11-8-10-19(14-20)15-25/h6-8,10-14,18H,3-5,9,16-17H2,1-2H3,(H,26,29)(H,27,28). The summed E-state index contributed by atoms with van der Waals surface area (Å²) in [5, 5.41) is 14.8. The fourth-order valence-electron chi connectivity index (χ4n) is 3.06. The quantitative estimate of drug-likeness (QED) is 0.485. The van der Waals surface area contributed by atoms with Gasteiger partial charge in [-0.1, -0.05) is 51.3 Å². The van der Waals surface area contributed by atoms with Crippen LogP contribution in [0.1, 0.15) is 55.5 Å². The van der Waals surface area contributed by atoms with Gasteiger partial charge >= 0.3 is 0 Å². The summed E-state index contributed by atoms with van der Waals surface area (Å²) >= 11 is 1.33. The molecule has 0 bridgehead atoms. The topological polar surface area (TPSA) is 82.0 Å². The third-order valence-corrected chi connectivity index (χ3v) is 5.93. The molecular formula is C24H29N3O2S. The maximum Gasteiger partial charge on any atom is 0.252 e. The van der Waals surface area contributed by atoms with Crippen LogP contribution in [0.25, 0.3) is 0 Å². The van der Waals surface area contributed by atoms with E-state index in [1.807, 2.05) is 18.2 Å². The van der Waals surface area contributed by atoms with Crippen molar-refractivity contribution >= 4 is 29.3 Å². The minimum absolute atomic E-state index is 0.102. The van der Waals surface area contributed by atoms with Crippen molar-refractivity contribution < 1.29 is 9.59 Å². The molecule has 6 heteroatoms. The molecule has 0 fully saturated rings. The molecule has 158 valence electrons. The summed E-state index contributed by atoms with van der Waals surface area (Å²) in [4.78, 5) is 25.8. The zero-order valence-electron chi connectivity index (χ0n) is 17.6. The minimum atomic E-state index is -0.184. The number of nitrogens with zero attached hydrogens (tertiary/aromatic N) is 1. The SMILES string of the molecule is CCCCC(CC)CNC(=O)c1ccccc1SCC(=O)Nc1cccc(C#N)c1. The molecule has 0 saturated carbocycles. The van der Waals surface area contributed by atoms with Crippen molar-refractivity contribution in [3.05, 3.63) is 59.7 Å². The van der Waals surface area contributed by atoms with Gasteiger partial charge in [0.15, 0.2) is 0 Å². The second kappa shape index (κ2) is 12.7. The van der Waals surface area contributed by atoms with Gasteiger partial charge in [-0.05, 0) is 42.7 Å². The predicted molar refractivity (Wildman–Crippen MR) is 123 cm³/mol. The highest BCUT2D eigenvalue weighted by Crippen LogP contribution is 2.23. The summed E-state index contributed by atoms with van der Waals surface area (Å²) in [6.07, 6.45) is 4.50. The van der Waals surface area contributed by atoms with Gasteiger partial charge in [-0.2, -0.15) is 5.26 Å². The van der Waals surface area contributed by atoms with Gasteiger partial charge in [0.1, 0.15) is 0 Å². The van der Waals surface area contributed by atoms with Crippen LogP contribution >= 0.6 is 11.8 Å². The summed E-state index contributed by atoms with van der Waals surface area (Å²) < 4.78 is 0. The normalized spacial score (nSPS) is 11.4. The number of benzene rings is 2. The average molecular weight is 424 g/mol. The summed E-state index contributed by atoms with van der Waals surface area (Å²) in [5.41, 5.74) is 1.67. The Kier molecular flexibility index (Phi) is 9.96. The molecule has 0 aliphatic carbocycles. The number of thioether (sulfide) groups is 1. The van der Waals surface area contributed by atoms with E-state index in [1.165, 1.54) is 18.2 Å². The van der Waals surface area contributed by atoms with E-state index in [1.54, 1.807) is 30.3 Å². The van der Waals surface area contributed by atoms with Gasteiger partial charge in [-0.25, -0.2) is 0 Å². The number of nitriles is 1. The van der Waals surface area contributed by atoms with Gasteiger partial charge in [0, 0.05) is 17.1 Å². The number of amides is 2. The fraction of sp³-hybridized carbons (Fsp3) is 0.375. The van der Waals surface area contributed by atoms with Crippen molar-refractivity contribution in [2.24, 2.45) is 5.92 Å². The number of hydrogen-bond acceptors (Lipinski definition) is 4. The lowest BCUT2D eigenvalue weighted by Gasteiger charge is -2.16. The third-order valence-electron chi connectivity index (χ3n) is 4.86. The fourth-order valence-corrected chi connectivity index (χ4v) is 3.91. The first-order valence-electron chi connectivity index (χ1n) is 10.4. The number of anilines is 1. The van der Waals surface area contributed by atoms with Crippen LogP contribution < -0.4 is 10.6 Å². The molecule has 0 aliphatic heterocycles. The van der Waals surface area contributed by atoms with E-state index in [9.17, 15) is 9.59 Å². The summed E-state index contributed by atoms with van der Waals surface area (Å²) in [6, 6.07) is 16.2. The number of rotatable bonds is 11. The highest BCUT2D eigenvalue weighted by Gasteiger charge is 2.14. The molecule has 2 rings (SSSR count). The largest absolute Gasteiger partial charge is 0.352 e. The van der Waals surface area contributed by atoms with Gasteiger partial charge in [-0.15, -0.1) is 11.8 Å². The van der Waals surface area contributed by atoms with Crippen LogP contribution in [-0.2, 0) is 4.79 Å². The van der Waals surface area contributed by atoms with Crippen molar-refractivity contribution in [1.29, 1.82) is 5.26 Å². The maximum atomic E-state index is 12.7. The Morgan fingerprint density at radius 3 is 2.67 bits per heavy atom. The van der Waals surface area contributed by atoms with Gasteiger partial charge < -0.3 is 10.6 Å². The van der Waals surface area contributed by atoms with Gasteiger partial charge in [0.25, 0.3) is 5.91 Å². The van der Waals surface area contributed by atoms with Crippen molar-refractivity contribution in [2.75, 3.05) is 17.6 Å². The highest BCUT2D eigenvalue weighted by molar-refractivity contribution is 8.00. The zero-order valence-corrected chi connectivity index (χ0v) is 18.4. The van der Waals surface area contributed by atoms with Gasteiger partial charge in [-0.3, -0.25) is 9.59 Å². The van der Waals surface area contributed by atoms with Crippen LogP contribution in [-0.4, -0.2) is 24.1 Å². The molecular weight excluding hydrogens is 394 g/mol. The van der Waals surface area contributed by atoms with E-state index in [0.29, 0.717) is 29.3 Å². The van der Waals surface area contributed by atoms with Crippen LogP contribution in [0.2, 0.25) is 0 Å². The molecule has 0 aromatic heterocycles. The molecule has 2 N–H and O–H groups in total. The summed E-state index contributed by atoms with van der Waals surface area (Å²) in [6.45, 7) is 5.00. The molecule has 0 aliphatic rings. The Labute approximate surface area is 183 Å². The molecule has 1 atom stereocenters. The molecule has 2 aromatic rings. The number of carbonyl (C=O) groups excluding carboxylic acids is 2. The highest BCUT2D eigenvalue weighted by atomic mass is 32.2. The molecule has 0 saturated heterocycles. The molecule has 2 aromatic carbocycles. The Balaban J connectivity index is 1.93. The Bertz CT molecular complexity index is 892. The van der Waals surface area contributed by atoms with Gasteiger partial charge in [0.2, 0.25) is 5.91 Å². The lowest BCUT2D eigenvalue weighted by molar-refractivity contribution is -0.113. The van der Waals surface area contributed by atoms with Crippen molar-refractivity contribution in [3.8, 4) is 6.07 Å². The summed E-state index contributed by atoms with van der Waals surface area (Å²) in [7, 11) is 0. The first-order chi connectivity index (χ1) is 14.6. The van der Waals surface area contributed by atoms with E-state index in [0.717, 1.165) is 24.2 Å². The van der Waals surface area contributed by atoms with E-state index >= 15 is 0 Å². The first kappa shape index (κ1) is 23.5. The van der Waals surface area contributed by atoms with Crippen LogP contribution in [0.3, 0.4) is 0 Å². The van der Waals surface area contributed by atoms with Crippen LogP contribution in [0, 0.1) is 17.2 Å². The van der Waals surface area contributed by atoms with Crippen LogP contribution in [0.15, 0.2) is 53.4 Å². The Morgan fingerprint density at radius 2 is 1.93 bits per heavy atom. The number of unbranched alkanes of at least 4 members (excludes halogenated alkanes) is 1. The second-order valence-electron chi connectivity index (χ2n) is 7.15. The number of hydrogen-bond donors (Lipinski definition) is 2. The Morgan fingerprint density at radius 1 is 1.13 bits per heavy atom. The van der Waals surface area contributed by atoms with E-state index in [2.05, 4.69) is 30.6 Å². The smallest absolute Gasteiger partial charge is 0.252 e. The van der Waals surface area contributed by atoms with Gasteiger partial charge in [0.05, 0.1) is 22.9 Å². The Hall–Kier alpha value is -2.78. The lowest BCUT2D eigenvalue weighted by Crippen LogP contribution is -2.29. The summed E-state index contributed by atoms with van der Waals surface area (Å²) in [5.74, 6) is 0.379. The molecule has 1 unspecified atom stereocenters. The van der Waals surface area contributed by atoms with Crippen molar-refractivity contribution in [2.45, 2.75) is 44.4 Å². The molecule has 0 spiro atoms. The minimum Gasteiger partial charge on any atom is -0.352 e. The van der Waals surface area contributed by atoms with E-state index < -0.39 is 0 Å². The molecule has 0 heterocycles. The third kappa shape index (κ3) is 7.57.